The van der Waals surface area contributed by atoms with Crippen LogP contribution in [0.15, 0.2) is 72.8 Å². The molecular formula is C27H25NO4. The summed E-state index contributed by atoms with van der Waals surface area (Å²) in [4.78, 5) is 11.2. The van der Waals surface area contributed by atoms with Crippen molar-refractivity contribution in [3.05, 3.63) is 83.9 Å². The quantitative estimate of drug-likeness (QED) is 0.395. The topological polar surface area (TPSA) is 68.6 Å². The molecule has 162 valence electrons. The third-order valence-electron chi connectivity index (χ3n) is 5.08. The van der Waals surface area contributed by atoms with Crippen molar-refractivity contribution in [3.63, 3.8) is 0 Å². The number of esters is 1. The van der Waals surface area contributed by atoms with Crippen LogP contribution < -0.4 is 9.47 Å². The molecule has 0 aliphatic carbocycles. The van der Waals surface area contributed by atoms with E-state index in [1.54, 1.807) is 14.2 Å². The van der Waals surface area contributed by atoms with Gasteiger partial charge < -0.3 is 14.2 Å². The fraction of sp³-hybridized carbons (Fsp3) is 0.185. The highest BCUT2D eigenvalue weighted by Gasteiger charge is 2.04. The largest absolute Gasteiger partial charge is 0.497 e. The number of methoxy groups -OCH3 is 3. The molecule has 5 heteroatoms. The Balaban J connectivity index is 0.000000182. The molecule has 0 aromatic heterocycles. The van der Waals surface area contributed by atoms with Crippen molar-refractivity contribution in [2.45, 2.75) is 12.8 Å². The number of carbonyl (C=O) groups excluding carboxylic acids is 1. The lowest BCUT2D eigenvalue weighted by atomic mass is 10.0. The van der Waals surface area contributed by atoms with Gasteiger partial charge in [-0.1, -0.05) is 48.5 Å². The van der Waals surface area contributed by atoms with E-state index in [1.807, 2.05) is 72.8 Å². The van der Waals surface area contributed by atoms with Gasteiger partial charge >= 0.3 is 5.97 Å². The van der Waals surface area contributed by atoms with E-state index in [1.165, 1.54) is 7.11 Å². The monoisotopic (exact) mass is 427 g/mol. The number of hydrogen-bond donors (Lipinski definition) is 0. The average Bonchev–Trinajstić information content (AvgIpc) is 2.83. The summed E-state index contributed by atoms with van der Waals surface area (Å²) in [6, 6.07) is 25.9. The van der Waals surface area contributed by atoms with Crippen LogP contribution in [-0.4, -0.2) is 27.3 Å². The highest BCUT2D eigenvalue weighted by molar-refractivity contribution is 5.86. The first-order valence-electron chi connectivity index (χ1n) is 10.1. The van der Waals surface area contributed by atoms with Crippen LogP contribution in [-0.2, 0) is 22.4 Å². The van der Waals surface area contributed by atoms with E-state index in [2.05, 4.69) is 10.8 Å². The Morgan fingerprint density at radius 1 is 0.719 bits per heavy atom. The minimum Gasteiger partial charge on any atom is -0.497 e. The molecule has 0 fully saturated rings. The fourth-order valence-corrected chi connectivity index (χ4v) is 3.35. The van der Waals surface area contributed by atoms with E-state index in [9.17, 15) is 4.79 Å². The molecule has 0 N–H and O–H groups in total. The van der Waals surface area contributed by atoms with Gasteiger partial charge in [-0.25, -0.2) is 0 Å². The average molecular weight is 428 g/mol. The number of hydrogen-bond acceptors (Lipinski definition) is 5. The molecule has 4 aromatic carbocycles. The first kappa shape index (κ1) is 22.6. The number of carbonyl (C=O) groups is 1. The van der Waals surface area contributed by atoms with Crippen molar-refractivity contribution in [1.29, 1.82) is 5.26 Å². The Hall–Kier alpha value is -4.04. The lowest BCUT2D eigenvalue weighted by molar-refractivity contribution is -0.139. The molecule has 32 heavy (non-hydrogen) atoms. The number of nitriles is 1. The van der Waals surface area contributed by atoms with E-state index >= 15 is 0 Å². The predicted molar refractivity (Wildman–Crippen MR) is 126 cm³/mol. The first-order valence-corrected chi connectivity index (χ1v) is 10.1. The zero-order chi connectivity index (χ0) is 22.9. The first-order chi connectivity index (χ1) is 15.6. The molecule has 4 aromatic rings. The second-order valence-corrected chi connectivity index (χ2v) is 7.18. The number of fused-ring (bicyclic) bond motifs is 2. The van der Waals surface area contributed by atoms with Crippen LogP contribution in [0.25, 0.3) is 21.5 Å². The second-order valence-electron chi connectivity index (χ2n) is 7.18. The van der Waals surface area contributed by atoms with Gasteiger partial charge in [-0.2, -0.15) is 5.26 Å². The molecule has 0 saturated heterocycles. The minimum absolute atomic E-state index is 0.224. The predicted octanol–water partition coefficient (Wildman–Crippen LogP) is 5.48. The summed E-state index contributed by atoms with van der Waals surface area (Å²) in [7, 11) is 4.70. The van der Waals surface area contributed by atoms with Gasteiger partial charge in [-0.15, -0.1) is 0 Å². The molecule has 0 bridgehead atoms. The molecule has 0 aliphatic heterocycles. The van der Waals surface area contributed by atoms with Gasteiger partial charge in [0.15, 0.2) is 0 Å². The summed E-state index contributed by atoms with van der Waals surface area (Å²) in [6.07, 6.45) is 0.764. The molecule has 5 nitrogen and oxygen atoms in total. The number of ether oxygens (including phenoxy) is 3. The van der Waals surface area contributed by atoms with Crippen LogP contribution in [0.3, 0.4) is 0 Å². The minimum atomic E-state index is -0.224. The third-order valence-corrected chi connectivity index (χ3v) is 5.08. The lowest BCUT2D eigenvalue weighted by Crippen LogP contribution is -2.04. The van der Waals surface area contributed by atoms with Crippen molar-refractivity contribution in [2.75, 3.05) is 21.3 Å². The van der Waals surface area contributed by atoms with E-state index < -0.39 is 0 Å². The highest BCUT2D eigenvalue weighted by atomic mass is 16.5. The number of nitrogens with zero attached hydrogens (tertiary/aromatic N) is 1. The maximum absolute atomic E-state index is 11.2. The van der Waals surface area contributed by atoms with Crippen molar-refractivity contribution >= 4 is 27.5 Å². The van der Waals surface area contributed by atoms with Crippen molar-refractivity contribution in [3.8, 4) is 17.6 Å². The molecule has 4 rings (SSSR count). The maximum Gasteiger partial charge on any atom is 0.309 e. The molecule has 0 heterocycles. The lowest BCUT2D eigenvalue weighted by Gasteiger charge is -2.05. The standard InChI is InChI=1S/C14H14O3.C13H11NO/c1-16-13-6-5-11-7-10(8-14(15)17-2)3-4-12(11)9-13;1-15-13-5-4-11-8-10(6-7-14)2-3-12(11)9-13/h3-7,9H,8H2,1-2H3;2-5,8-9H,6H2,1H3. The van der Waals surface area contributed by atoms with Crippen LogP contribution in [0.2, 0.25) is 0 Å². The number of benzene rings is 4. The van der Waals surface area contributed by atoms with Crippen molar-refractivity contribution < 1.29 is 19.0 Å². The van der Waals surface area contributed by atoms with E-state index in [0.717, 1.165) is 44.2 Å². The summed E-state index contributed by atoms with van der Waals surface area (Å²) in [5, 5.41) is 13.1. The molecule has 0 aliphatic rings. The zero-order valence-electron chi connectivity index (χ0n) is 18.4. The molecule has 0 radical (unpaired) electrons. The normalized spacial score (nSPS) is 10.1. The summed E-state index contributed by atoms with van der Waals surface area (Å²) in [5.74, 6) is 1.46. The van der Waals surface area contributed by atoms with E-state index in [4.69, 9.17) is 14.7 Å². The Morgan fingerprint density at radius 3 is 1.69 bits per heavy atom. The Labute approximate surface area is 187 Å². The van der Waals surface area contributed by atoms with Crippen LogP contribution in [0.1, 0.15) is 11.1 Å². The summed E-state index contributed by atoms with van der Waals surface area (Å²) >= 11 is 0. The Morgan fingerprint density at radius 2 is 1.19 bits per heavy atom. The maximum atomic E-state index is 11.2. The molecule has 0 saturated carbocycles. The van der Waals surface area contributed by atoms with Crippen LogP contribution in [0.5, 0.6) is 11.5 Å². The summed E-state index contributed by atoms with van der Waals surface area (Å²) < 4.78 is 15.0. The third kappa shape index (κ3) is 5.77. The van der Waals surface area contributed by atoms with Crippen LogP contribution in [0.4, 0.5) is 0 Å². The van der Waals surface area contributed by atoms with Crippen LogP contribution in [0, 0.1) is 11.3 Å². The van der Waals surface area contributed by atoms with Gasteiger partial charge in [0.25, 0.3) is 0 Å². The smallest absolute Gasteiger partial charge is 0.309 e. The van der Waals surface area contributed by atoms with Gasteiger partial charge in [0.05, 0.1) is 40.2 Å². The molecule has 0 atom stereocenters. The van der Waals surface area contributed by atoms with Crippen molar-refractivity contribution in [2.24, 2.45) is 0 Å². The summed E-state index contributed by atoms with van der Waals surface area (Å²) in [6.45, 7) is 0. The second kappa shape index (κ2) is 10.8. The van der Waals surface area contributed by atoms with E-state index in [0.29, 0.717) is 12.8 Å². The van der Waals surface area contributed by atoms with Gasteiger partial charge in [0.2, 0.25) is 0 Å². The molecular weight excluding hydrogens is 402 g/mol. The van der Waals surface area contributed by atoms with Gasteiger partial charge in [0.1, 0.15) is 11.5 Å². The molecule has 0 spiro atoms. The summed E-state index contributed by atoms with van der Waals surface area (Å²) in [5.41, 5.74) is 2.00. The SMILES string of the molecule is COC(=O)Cc1ccc2cc(OC)ccc2c1.COc1ccc2cc(CC#N)ccc2c1. The Bertz CT molecular complexity index is 1270. The van der Waals surface area contributed by atoms with Gasteiger partial charge in [-0.05, 0) is 56.9 Å². The number of rotatable bonds is 5. The zero-order valence-corrected chi connectivity index (χ0v) is 18.4. The van der Waals surface area contributed by atoms with Crippen molar-refractivity contribution in [1.82, 2.24) is 0 Å². The van der Waals surface area contributed by atoms with Gasteiger partial charge in [0, 0.05) is 0 Å². The molecule has 0 unspecified atom stereocenters. The Kier molecular flexibility index (Phi) is 7.66. The molecule has 0 amide bonds. The van der Waals surface area contributed by atoms with Crippen LogP contribution >= 0.6 is 0 Å². The highest BCUT2D eigenvalue weighted by Crippen LogP contribution is 2.23. The van der Waals surface area contributed by atoms with E-state index in [-0.39, 0.29) is 5.97 Å². The van der Waals surface area contributed by atoms with Gasteiger partial charge in [-0.3, -0.25) is 4.79 Å². The fourth-order valence-electron chi connectivity index (χ4n) is 3.35.